The molecule has 2 unspecified atom stereocenters. The van der Waals surface area contributed by atoms with Crippen LogP contribution in [0.1, 0.15) is 85.0 Å². The van der Waals surface area contributed by atoms with Crippen LogP contribution in [0.15, 0.2) is 0 Å². The lowest BCUT2D eigenvalue weighted by Gasteiger charge is -2.33. The fourth-order valence-corrected chi connectivity index (χ4v) is 3.87. The molecule has 1 aliphatic carbocycles. The van der Waals surface area contributed by atoms with Crippen LogP contribution < -0.4 is 5.32 Å². The summed E-state index contributed by atoms with van der Waals surface area (Å²) in [5.74, 6) is 0.839. The first kappa shape index (κ1) is 16.3. The number of ether oxygens (including phenoxy) is 1. The van der Waals surface area contributed by atoms with Gasteiger partial charge >= 0.3 is 0 Å². The summed E-state index contributed by atoms with van der Waals surface area (Å²) in [4.78, 5) is 0. The molecule has 1 spiro atoms. The predicted octanol–water partition coefficient (Wildman–Crippen LogP) is 4.67. The second-order valence-electron chi connectivity index (χ2n) is 7.66. The Morgan fingerprint density at radius 1 is 1.05 bits per heavy atom. The third kappa shape index (κ3) is 5.04. The van der Waals surface area contributed by atoms with E-state index >= 15 is 0 Å². The molecule has 1 aliphatic heterocycles. The lowest BCUT2D eigenvalue weighted by molar-refractivity contribution is -0.0629. The smallest absolute Gasteiger partial charge is 0.0708 e. The molecule has 0 aromatic carbocycles. The Morgan fingerprint density at radius 3 is 2.50 bits per heavy atom. The van der Waals surface area contributed by atoms with Gasteiger partial charge in [0.05, 0.1) is 11.7 Å². The molecule has 2 rings (SSSR count). The summed E-state index contributed by atoms with van der Waals surface area (Å²) in [5, 5.41) is 3.70. The summed E-state index contributed by atoms with van der Waals surface area (Å²) >= 11 is 0. The van der Waals surface area contributed by atoms with Crippen LogP contribution in [0.5, 0.6) is 0 Å². The molecule has 1 saturated carbocycles. The van der Waals surface area contributed by atoms with E-state index in [1.54, 1.807) is 0 Å². The van der Waals surface area contributed by atoms with Gasteiger partial charge in [-0.25, -0.2) is 0 Å². The van der Waals surface area contributed by atoms with Crippen LogP contribution in [0.4, 0.5) is 0 Å². The van der Waals surface area contributed by atoms with E-state index in [1.807, 2.05) is 0 Å². The molecule has 0 aromatic rings. The second-order valence-corrected chi connectivity index (χ2v) is 7.66. The van der Waals surface area contributed by atoms with E-state index < -0.39 is 0 Å². The Labute approximate surface area is 126 Å². The molecule has 1 heterocycles. The van der Waals surface area contributed by atoms with Gasteiger partial charge in [-0.3, -0.25) is 0 Å². The monoisotopic (exact) mass is 281 g/mol. The van der Waals surface area contributed by atoms with E-state index in [1.165, 1.54) is 64.2 Å². The number of nitrogens with one attached hydrogen (secondary N) is 1. The summed E-state index contributed by atoms with van der Waals surface area (Å²) in [5.41, 5.74) is 0.283. The van der Waals surface area contributed by atoms with Gasteiger partial charge in [0.25, 0.3) is 0 Å². The van der Waals surface area contributed by atoms with Crippen LogP contribution in [0.2, 0.25) is 0 Å². The third-order valence-corrected chi connectivity index (χ3v) is 5.22. The summed E-state index contributed by atoms with van der Waals surface area (Å²) in [7, 11) is 0. The van der Waals surface area contributed by atoms with Crippen molar-refractivity contribution in [2.45, 2.75) is 103 Å². The van der Waals surface area contributed by atoms with E-state index in [9.17, 15) is 0 Å². The fraction of sp³-hybridized carbons (Fsp3) is 1.00. The maximum atomic E-state index is 6.42. The third-order valence-electron chi connectivity index (χ3n) is 5.22. The van der Waals surface area contributed by atoms with Gasteiger partial charge in [-0.05, 0) is 44.9 Å². The number of rotatable bonds is 7. The van der Waals surface area contributed by atoms with Crippen molar-refractivity contribution in [2.24, 2.45) is 5.92 Å². The van der Waals surface area contributed by atoms with Gasteiger partial charge in [0.15, 0.2) is 0 Å². The first-order chi connectivity index (χ1) is 9.60. The van der Waals surface area contributed by atoms with Gasteiger partial charge in [-0.1, -0.05) is 46.0 Å². The minimum absolute atomic E-state index is 0.283. The standard InChI is InChI=1S/C18H35NO/c1-15(2)8-7-9-16(3)19-14-17-10-13-18(20-17)11-5-4-6-12-18/h15-17,19H,4-14H2,1-3H3. The van der Waals surface area contributed by atoms with Gasteiger partial charge in [0.1, 0.15) is 0 Å². The largest absolute Gasteiger partial charge is 0.370 e. The Morgan fingerprint density at radius 2 is 1.80 bits per heavy atom. The van der Waals surface area contributed by atoms with E-state index in [-0.39, 0.29) is 5.60 Å². The van der Waals surface area contributed by atoms with Crippen molar-refractivity contribution in [1.29, 1.82) is 0 Å². The normalized spacial score (nSPS) is 27.3. The first-order valence-corrected chi connectivity index (χ1v) is 9.01. The van der Waals surface area contributed by atoms with Crippen LogP contribution in [0, 0.1) is 5.92 Å². The van der Waals surface area contributed by atoms with Crippen molar-refractivity contribution in [3.05, 3.63) is 0 Å². The quantitative estimate of drug-likeness (QED) is 0.732. The molecule has 20 heavy (non-hydrogen) atoms. The lowest BCUT2D eigenvalue weighted by Crippen LogP contribution is -2.37. The maximum Gasteiger partial charge on any atom is 0.0708 e. The summed E-state index contributed by atoms with van der Waals surface area (Å²) < 4.78 is 6.42. The van der Waals surface area contributed by atoms with Crippen LogP contribution >= 0.6 is 0 Å². The van der Waals surface area contributed by atoms with E-state index in [2.05, 4.69) is 26.1 Å². The Kier molecular flexibility index (Phi) is 6.35. The zero-order valence-corrected chi connectivity index (χ0v) is 13.9. The maximum absolute atomic E-state index is 6.42. The highest BCUT2D eigenvalue weighted by atomic mass is 16.5. The van der Waals surface area contributed by atoms with Gasteiger partial charge in [-0.2, -0.15) is 0 Å². The topological polar surface area (TPSA) is 21.3 Å². The molecule has 0 amide bonds. The van der Waals surface area contributed by atoms with Gasteiger partial charge in [-0.15, -0.1) is 0 Å². The van der Waals surface area contributed by atoms with Gasteiger partial charge in [0.2, 0.25) is 0 Å². The molecule has 1 saturated heterocycles. The molecule has 1 N–H and O–H groups in total. The molecular formula is C18H35NO. The fourth-order valence-electron chi connectivity index (χ4n) is 3.87. The molecule has 0 bridgehead atoms. The lowest BCUT2D eigenvalue weighted by atomic mass is 9.83. The SMILES string of the molecule is CC(C)CCCC(C)NCC1CCC2(CCCCC2)O1. The zero-order chi connectivity index (χ0) is 14.4. The first-order valence-electron chi connectivity index (χ1n) is 9.01. The zero-order valence-electron chi connectivity index (χ0n) is 13.9. The molecule has 2 aliphatic rings. The Balaban J connectivity index is 1.60. The van der Waals surface area contributed by atoms with Crippen molar-refractivity contribution in [2.75, 3.05) is 6.54 Å². The van der Waals surface area contributed by atoms with E-state index in [0.29, 0.717) is 12.1 Å². The molecule has 2 heteroatoms. The van der Waals surface area contributed by atoms with E-state index in [4.69, 9.17) is 4.74 Å². The Bertz CT molecular complexity index is 271. The van der Waals surface area contributed by atoms with E-state index in [0.717, 1.165) is 12.5 Å². The highest BCUT2D eigenvalue weighted by Gasteiger charge is 2.40. The molecular weight excluding hydrogens is 246 g/mol. The van der Waals surface area contributed by atoms with Crippen LogP contribution in [0.25, 0.3) is 0 Å². The number of hydrogen-bond donors (Lipinski definition) is 1. The van der Waals surface area contributed by atoms with Crippen molar-refractivity contribution in [3.63, 3.8) is 0 Å². The molecule has 0 aromatic heterocycles. The molecule has 2 fully saturated rings. The average Bonchev–Trinajstić information content (AvgIpc) is 2.80. The van der Waals surface area contributed by atoms with Crippen LogP contribution in [-0.2, 0) is 4.74 Å². The minimum Gasteiger partial charge on any atom is -0.370 e. The highest BCUT2D eigenvalue weighted by Crippen LogP contribution is 2.41. The second kappa shape index (κ2) is 7.79. The Hall–Kier alpha value is -0.0800. The van der Waals surface area contributed by atoms with Gasteiger partial charge in [0, 0.05) is 12.6 Å². The molecule has 2 atom stereocenters. The van der Waals surface area contributed by atoms with Crippen molar-refractivity contribution < 1.29 is 4.74 Å². The number of hydrogen-bond acceptors (Lipinski definition) is 2. The highest BCUT2D eigenvalue weighted by molar-refractivity contribution is 4.91. The molecule has 0 radical (unpaired) electrons. The van der Waals surface area contributed by atoms with Crippen LogP contribution in [0.3, 0.4) is 0 Å². The summed E-state index contributed by atoms with van der Waals surface area (Å²) in [6.45, 7) is 8.01. The van der Waals surface area contributed by atoms with Crippen molar-refractivity contribution >= 4 is 0 Å². The van der Waals surface area contributed by atoms with Crippen molar-refractivity contribution in [1.82, 2.24) is 5.32 Å². The average molecular weight is 281 g/mol. The predicted molar refractivity (Wildman–Crippen MR) is 86.1 cm³/mol. The van der Waals surface area contributed by atoms with Gasteiger partial charge < -0.3 is 10.1 Å². The summed E-state index contributed by atoms with van der Waals surface area (Å²) in [6.07, 6.45) is 13.9. The minimum atomic E-state index is 0.283. The molecule has 118 valence electrons. The molecule has 2 nitrogen and oxygen atoms in total. The van der Waals surface area contributed by atoms with Crippen LogP contribution in [-0.4, -0.2) is 24.3 Å². The summed E-state index contributed by atoms with van der Waals surface area (Å²) in [6, 6.07) is 0.639. The van der Waals surface area contributed by atoms with Crippen molar-refractivity contribution in [3.8, 4) is 0 Å².